The first kappa shape index (κ1) is 20.2. The van der Waals surface area contributed by atoms with E-state index in [0.717, 1.165) is 5.56 Å². The van der Waals surface area contributed by atoms with Crippen LogP contribution in [0.1, 0.15) is 16.1 Å². The molecule has 3 rings (SSSR count). The van der Waals surface area contributed by atoms with Crippen LogP contribution in [0.3, 0.4) is 0 Å². The average Bonchev–Trinajstić information content (AvgIpc) is 3.23. The summed E-state index contributed by atoms with van der Waals surface area (Å²) < 4.78 is 34.3. The van der Waals surface area contributed by atoms with E-state index in [1.807, 2.05) is 0 Å². The van der Waals surface area contributed by atoms with Crippen LogP contribution in [-0.4, -0.2) is 44.3 Å². The molecule has 1 amide bonds. The predicted molar refractivity (Wildman–Crippen MR) is 104 cm³/mol. The number of halogens is 1. The van der Waals surface area contributed by atoms with Gasteiger partial charge in [-0.25, -0.2) is 4.39 Å². The molecular weight excluding hydrogens is 379 g/mol. The van der Waals surface area contributed by atoms with Crippen LogP contribution >= 0.6 is 0 Å². The Morgan fingerprint density at radius 2 is 1.66 bits per heavy atom. The van der Waals surface area contributed by atoms with E-state index >= 15 is 0 Å². The Morgan fingerprint density at radius 3 is 2.21 bits per heavy atom. The van der Waals surface area contributed by atoms with Crippen molar-refractivity contribution >= 4 is 5.91 Å². The van der Waals surface area contributed by atoms with Gasteiger partial charge in [-0.15, -0.1) is 0 Å². The van der Waals surface area contributed by atoms with Crippen molar-refractivity contribution < 1.29 is 27.9 Å². The van der Waals surface area contributed by atoms with Gasteiger partial charge in [-0.2, -0.15) is 0 Å². The highest BCUT2D eigenvalue weighted by Crippen LogP contribution is 2.38. The van der Waals surface area contributed by atoms with Gasteiger partial charge in [0.1, 0.15) is 5.82 Å². The van der Waals surface area contributed by atoms with Crippen LogP contribution in [0.2, 0.25) is 0 Å². The summed E-state index contributed by atoms with van der Waals surface area (Å²) in [6.07, 6.45) is 0. The third-order valence-electron chi connectivity index (χ3n) is 4.35. The Labute approximate surface area is 167 Å². The summed E-state index contributed by atoms with van der Waals surface area (Å²) in [7, 11) is 6.24. The second kappa shape index (κ2) is 8.64. The Kier molecular flexibility index (Phi) is 6.01. The minimum Gasteiger partial charge on any atom is -0.493 e. The molecule has 0 fully saturated rings. The fourth-order valence-electron chi connectivity index (χ4n) is 2.89. The standard InChI is InChI=1S/C21H21FN2O5/c1-24(12-13-9-18(26-2)20(28-4)19(10-13)27-3)21(25)16-11-17(29-23-16)14-5-7-15(22)8-6-14/h5-11H,12H2,1-4H3. The molecule has 3 aromatic rings. The molecule has 0 unspecified atom stereocenters. The second-order valence-electron chi connectivity index (χ2n) is 6.28. The molecule has 1 heterocycles. The van der Waals surface area contributed by atoms with E-state index in [-0.39, 0.29) is 24.0 Å². The largest absolute Gasteiger partial charge is 0.493 e. The Morgan fingerprint density at radius 1 is 1.03 bits per heavy atom. The molecule has 1 aromatic heterocycles. The lowest BCUT2D eigenvalue weighted by atomic mass is 10.1. The van der Waals surface area contributed by atoms with Crippen molar-refractivity contribution in [2.45, 2.75) is 6.54 Å². The van der Waals surface area contributed by atoms with Gasteiger partial charge in [0, 0.05) is 25.2 Å². The van der Waals surface area contributed by atoms with E-state index in [4.69, 9.17) is 18.7 Å². The lowest BCUT2D eigenvalue weighted by Gasteiger charge is -2.18. The summed E-state index contributed by atoms with van der Waals surface area (Å²) in [5.74, 6) is 1.19. The Hall–Kier alpha value is -3.55. The SMILES string of the molecule is COc1cc(CN(C)C(=O)c2cc(-c3ccc(F)cc3)on2)cc(OC)c1OC. The number of hydrogen-bond donors (Lipinski definition) is 0. The predicted octanol–water partition coefficient (Wildman–Crippen LogP) is 3.78. The van der Waals surface area contributed by atoms with Crippen LogP contribution in [-0.2, 0) is 6.54 Å². The van der Waals surface area contributed by atoms with E-state index in [1.54, 1.807) is 31.3 Å². The van der Waals surface area contributed by atoms with Crippen LogP contribution in [0.15, 0.2) is 47.0 Å². The molecule has 0 spiro atoms. The van der Waals surface area contributed by atoms with Crippen molar-refractivity contribution in [2.75, 3.05) is 28.4 Å². The first-order valence-electron chi connectivity index (χ1n) is 8.73. The molecule has 0 bridgehead atoms. The normalized spacial score (nSPS) is 10.5. The van der Waals surface area contributed by atoms with Crippen LogP contribution in [0.25, 0.3) is 11.3 Å². The van der Waals surface area contributed by atoms with Crippen LogP contribution in [0.4, 0.5) is 4.39 Å². The molecule has 0 saturated carbocycles. The number of methoxy groups -OCH3 is 3. The highest BCUT2D eigenvalue weighted by atomic mass is 19.1. The third kappa shape index (κ3) is 4.31. The molecule has 0 aliphatic heterocycles. The number of aromatic nitrogens is 1. The lowest BCUT2D eigenvalue weighted by Crippen LogP contribution is -2.26. The molecule has 0 radical (unpaired) electrons. The van der Waals surface area contributed by atoms with Gasteiger partial charge >= 0.3 is 0 Å². The Balaban J connectivity index is 1.78. The fourth-order valence-corrected chi connectivity index (χ4v) is 2.89. The summed E-state index contributed by atoms with van der Waals surface area (Å²) in [6.45, 7) is 0.286. The number of ether oxygens (including phenoxy) is 3. The monoisotopic (exact) mass is 400 g/mol. The molecule has 8 heteroatoms. The van der Waals surface area contributed by atoms with Crippen molar-refractivity contribution in [3.05, 3.63) is 59.5 Å². The molecule has 152 valence electrons. The number of amides is 1. The van der Waals surface area contributed by atoms with Crippen molar-refractivity contribution in [1.29, 1.82) is 0 Å². The zero-order valence-electron chi connectivity index (χ0n) is 16.6. The summed E-state index contributed by atoms with van der Waals surface area (Å²) in [5.41, 5.74) is 1.57. The van der Waals surface area contributed by atoms with E-state index in [2.05, 4.69) is 5.16 Å². The Bertz CT molecular complexity index is 976. The third-order valence-corrected chi connectivity index (χ3v) is 4.35. The highest BCUT2D eigenvalue weighted by molar-refractivity contribution is 5.93. The topological polar surface area (TPSA) is 74.0 Å². The maximum absolute atomic E-state index is 13.1. The molecule has 0 N–H and O–H groups in total. The van der Waals surface area contributed by atoms with E-state index in [0.29, 0.717) is 28.6 Å². The van der Waals surface area contributed by atoms with Gasteiger partial charge < -0.3 is 23.6 Å². The van der Waals surface area contributed by atoms with Gasteiger partial charge in [-0.3, -0.25) is 4.79 Å². The van der Waals surface area contributed by atoms with Gasteiger partial charge in [-0.05, 0) is 42.0 Å². The van der Waals surface area contributed by atoms with Gasteiger partial charge in [0.15, 0.2) is 23.0 Å². The van der Waals surface area contributed by atoms with Crippen LogP contribution in [0, 0.1) is 5.82 Å². The number of benzene rings is 2. The van der Waals surface area contributed by atoms with E-state index < -0.39 is 0 Å². The maximum Gasteiger partial charge on any atom is 0.276 e. The van der Waals surface area contributed by atoms with E-state index in [1.165, 1.54) is 44.4 Å². The van der Waals surface area contributed by atoms with Crippen molar-refractivity contribution in [1.82, 2.24) is 10.1 Å². The van der Waals surface area contributed by atoms with Crippen LogP contribution < -0.4 is 14.2 Å². The second-order valence-corrected chi connectivity index (χ2v) is 6.28. The molecule has 0 atom stereocenters. The first-order chi connectivity index (χ1) is 14.0. The number of nitrogens with zero attached hydrogens (tertiary/aromatic N) is 2. The van der Waals surface area contributed by atoms with Gasteiger partial charge in [0.05, 0.1) is 21.3 Å². The zero-order chi connectivity index (χ0) is 21.0. The molecule has 7 nitrogen and oxygen atoms in total. The van der Waals surface area contributed by atoms with Gasteiger partial charge in [-0.1, -0.05) is 5.16 Å². The molecule has 0 saturated heterocycles. The molecule has 29 heavy (non-hydrogen) atoms. The fraction of sp³-hybridized carbons (Fsp3) is 0.238. The number of carbonyl (C=O) groups excluding carboxylic acids is 1. The summed E-state index contributed by atoms with van der Waals surface area (Å²) in [4.78, 5) is 14.2. The highest BCUT2D eigenvalue weighted by Gasteiger charge is 2.20. The number of hydrogen-bond acceptors (Lipinski definition) is 6. The van der Waals surface area contributed by atoms with Crippen LogP contribution in [0.5, 0.6) is 17.2 Å². The minimum atomic E-state index is -0.352. The zero-order valence-corrected chi connectivity index (χ0v) is 16.6. The number of rotatable bonds is 7. The summed E-state index contributed by atoms with van der Waals surface area (Å²) in [5, 5.41) is 3.84. The minimum absolute atomic E-state index is 0.152. The maximum atomic E-state index is 13.1. The molecule has 0 aliphatic carbocycles. The number of carbonyl (C=O) groups is 1. The van der Waals surface area contributed by atoms with Crippen molar-refractivity contribution in [3.63, 3.8) is 0 Å². The summed E-state index contributed by atoms with van der Waals surface area (Å²) in [6, 6.07) is 10.8. The quantitative estimate of drug-likeness (QED) is 0.601. The van der Waals surface area contributed by atoms with Crippen molar-refractivity contribution in [3.8, 4) is 28.6 Å². The molecular formula is C21H21FN2O5. The van der Waals surface area contributed by atoms with Crippen molar-refractivity contribution in [2.24, 2.45) is 0 Å². The lowest BCUT2D eigenvalue weighted by molar-refractivity contribution is 0.0774. The molecule has 0 aliphatic rings. The summed E-state index contributed by atoms with van der Waals surface area (Å²) >= 11 is 0. The van der Waals surface area contributed by atoms with E-state index in [9.17, 15) is 9.18 Å². The molecule has 2 aromatic carbocycles. The van der Waals surface area contributed by atoms with Gasteiger partial charge in [0.2, 0.25) is 5.75 Å². The van der Waals surface area contributed by atoms with Gasteiger partial charge in [0.25, 0.3) is 5.91 Å². The first-order valence-corrected chi connectivity index (χ1v) is 8.73. The average molecular weight is 400 g/mol. The smallest absolute Gasteiger partial charge is 0.276 e.